The molecule has 1 saturated carbocycles. The Balaban J connectivity index is 1.89. The fourth-order valence-corrected chi connectivity index (χ4v) is 3.38. The summed E-state index contributed by atoms with van der Waals surface area (Å²) in [7, 11) is 0. The summed E-state index contributed by atoms with van der Waals surface area (Å²) in [6.45, 7) is 1.84. The average Bonchev–Trinajstić information content (AvgIpc) is 2.86. The molecule has 3 aromatic rings. The van der Waals surface area contributed by atoms with E-state index in [2.05, 4.69) is 4.98 Å². The molecule has 0 amide bonds. The van der Waals surface area contributed by atoms with Gasteiger partial charge in [-0.3, -0.25) is 4.40 Å². The molecule has 1 aliphatic carbocycles. The van der Waals surface area contributed by atoms with Crippen molar-refractivity contribution in [2.45, 2.75) is 31.3 Å². The molecule has 1 aromatic carbocycles. The lowest BCUT2D eigenvalue weighted by Gasteiger charge is -2.40. The monoisotopic (exact) mass is 310 g/mol. The van der Waals surface area contributed by atoms with E-state index in [1.807, 2.05) is 29.7 Å². The summed E-state index contributed by atoms with van der Waals surface area (Å²) in [5.41, 5.74) is 7.85. The first-order valence-electron chi connectivity index (χ1n) is 7.59. The number of anilines is 1. The van der Waals surface area contributed by atoms with Crippen molar-refractivity contribution in [3.05, 3.63) is 42.5 Å². The Kier molecular flexibility index (Phi) is 2.86. The molecule has 4 N–H and O–H groups in total. The quantitative estimate of drug-likeness (QED) is 0.675. The Morgan fingerprint density at radius 1 is 1.26 bits per heavy atom. The number of aromatic hydroxyl groups is 1. The number of nitrogen functional groups attached to an aromatic ring is 1. The average molecular weight is 310 g/mol. The fourth-order valence-electron chi connectivity index (χ4n) is 3.38. The summed E-state index contributed by atoms with van der Waals surface area (Å²) in [6, 6.07) is 6.87. The van der Waals surface area contributed by atoms with E-state index in [4.69, 9.17) is 10.7 Å². The van der Waals surface area contributed by atoms with Crippen molar-refractivity contribution in [1.82, 2.24) is 14.4 Å². The molecule has 23 heavy (non-hydrogen) atoms. The number of hydrogen-bond acceptors (Lipinski definition) is 5. The molecule has 0 spiro atoms. The predicted molar refractivity (Wildman–Crippen MR) is 87.1 cm³/mol. The van der Waals surface area contributed by atoms with Crippen molar-refractivity contribution in [3.8, 4) is 17.0 Å². The van der Waals surface area contributed by atoms with Crippen molar-refractivity contribution in [2.75, 3.05) is 5.73 Å². The lowest BCUT2D eigenvalue weighted by Crippen LogP contribution is -2.40. The molecule has 6 heteroatoms. The summed E-state index contributed by atoms with van der Waals surface area (Å²) in [6.07, 6.45) is 4.88. The van der Waals surface area contributed by atoms with Gasteiger partial charge in [0.2, 0.25) is 0 Å². The Bertz CT molecular complexity index is 875. The first-order chi connectivity index (χ1) is 10.9. The van der Waals surface area contributed by atoms with E-state index in [0.717, 1.165) is 22.6 Å². The molecule has 0 bridgehead atoms. The predicted octanol–water partition coefficient (Wildman–Crippen LogP) is 2.31. The van der Waals surface area contributed by atoms with Gasteiger partial charge in [0.25, 0.3) is 0 Å². The number of phenols is 1. The number of nitrogens with two attached hydrogens (primary N) is 1. The highest BCUT2D eigenvalue weighted by Gasteiger charge is 2.41. The van der Waals surface area contributed by atoms with Gasteiger partial charge in [-0.2, -0.15) is 0 Å². The Hall–Kier alpha value is -2.60. The molecular formula is C17H18N4O2. The maximum Gasteiger partial charge on any atom is 0.150 e. The number of rotatable bonds is 2. The molecule has 118 valence electrons. The third-order valence-electron chi connectivity index (χ3n) is 4.49. The molecule has 2 heterocycles. The zero-order valence-corrected chi connectivity index (χ0v) is 12.8. The van der Waals surface area contributed by atoms with Gasteiger partial charge in [0.1, 0.15) is 28.6 Å². The second-order valence-electron chi connectivity index (χ2n) is 6.50. The van der Waals surface area contributed by atoms with E-state index in [1.165, 1.54) is 0 Å². The summed E-state index contributed by atoms with van der Waals surface area (Å²) >= 11 is 0. The number of phenolic OH excluding ortho intramolecular Hbond substituents is 1. The third-order valence-corrected chi connectivity index (χ3v) is 4.49. The van der Waals surface area contributed by atoms with Crippen LogP contribution in [-0.4, -0.2) is 30.2 Å². The van der Waals surface area contributed by atoms with E-state index in [1.54, 1.807) is 18.3 Å². The minimum atomic E-state index is -0.617. The minimum Gasteiger partial charge on any atom is -0.508 e. The van der Waals surface area contributed by atoms with Crippen LogP contribution in [0.15, 0.2) is 36.7 Å². The summed E-state index contributed by atoms with van der Waals surface area (Å²) in [4.78, 5) is 8.96. The summed E-state index contributed by atoms with van der Waals surface area (Å²) < 4.78 is 1.96. The highest BCUT2D eigenvalue weighted by molar-refractivity contribution is 5.85. The standard InChI is InChI=1S/C17H18N4O2/c1-17(23)8-11(9-17)16-20-13(10-2-4-12(22)5-3-10)14-15(18)19-6-7-21(14)16/h2-7,11,22-23H,8-9H2,1H3,(H2,18,19). The Labute approximate surface area is 133 Å². The fraction of sp³-hybridized carbons (Fsp3) is 0.294. The van der Waals surface area contributed by atoms with Crippen molar-refractivity contribution in [2.24, 2.45) is 0 Å². The van der Waals surface area contributed by atoms with E-state index >= 15 is 0 Å². The molecule has 0 saturated heterocycles. The highest BCUT2D eigenvalue weighted by atomic mass is 16.3. The highest BCUT2D eigenvalue weighted by Crippen LogP contribution is 2.45. The first-order valence-corrected chi connectivity index (χ1v) is 7.59. The molecule has 0 unspecified atom stereocenters. The molecule has 4 rings (SSSR count). The van der Waals surface area contributed by atoms with Gasteiger partial charge < -0.3 is 15.9 Å². The van der Waals surface area contributed by atoms with Gasteiger partial charge >= 0.3 is 0 Å². The number of imidazole rings is 1. The zero-order chi connectivity index (χ0) is 16.2. The second kappa shape index (κ2) is 4.70. The lowest BCUT2D eigenvalue weighted by atomic mass is 9.72. The first kappa shape index (κ1) is 14.0. The molecule has 2 aromatic heterocycles. The van der Waals surface area contributed by atoms with Gasteiger partial charge in [0.15, 0.2) is 0 Å². The van der Waals surface area contributed by atoms with Crippen molar-refractivity contribution >= 4 is 11.3 Å². The maximum absolute atomic E-state index is 10.0. The topological polar surface area (TPSA) is 96.7 Å². The van der Waals surface area contributed by atoms with Gasteiger partial charge in [0.05, 0.1) is 5.60 Å². The van der Waals surface area contributed by atoms with Gasteiger partial charge in [0, 0.05) is 23.9 Å². The molecule has 0 atom stereocenters. The van der Waals surface area contributed by atoms with Gasteiger partial charge in [-0.25, -0.2) is 9.97 Å². The van der Waals surface area contributed by atoms with Crippen molar-refractivity contribution in [1.29, 1.82) is 0 Å². The van der Waals surface area contributed by atoms with Gasteiger partial charge in [-0.15, -0.1) is 0 Å². The van der Waals surface area contributed by atoms with Gasteiger partial charge in [-0.1, -0.05) is 0 Å². The maximum atomic E-state index is 10.0. The largest absolute Gasteiger partial charge is 0.508 e. The summed E-state index contributed by atoms with van der Waals surface area (Å²) in [5, 5.41) is 19.5. The molecule has 1 fully saturated rings. The van der Waals surface area contributed by atoms with Crippen LogP contribution in [0.3, 0.4) is 0 Å². The number of benzene rings is 1. The number of hydrogen-bond donors (Lipinski definition) is 3. The normalized spacial score (nSPS) is 23.8. The third kappa shape index (κ3) is 2.22. The second-order valence-corrected chi connectivity index (χ2v) is 6.50. The van der Waals surface area contributed by atoms with Crippen molar-refractivity contribution in [3.63, 3.8) is 0 Å². The van der Waals surface area contributed by atoms with Crippen molar-refractivity contribution < 1.29 is 10.2 Å². The van der Waals surface area contributed by atoms with E-state index < -0.39 is 5.60 Å². The molecule has 0 aliphatic heterocycles. The van der Waals surface area contributed by atoms with Crippen LogP contribution in [0.5, 0.6) is 5.75 Å². The minimum absolute atomic E-state index is 0.199. The Morgan fingerprint density at radius 2 is 1.96 bits per heavy atom. The number of fused-ring (bicyclic) bond motifs is 1. The van der Waals surface area contributed by atoms with Gasteiger partial charge in [-0.05, 0) is 44.0 Å². The van der Waals surface area contributed by atoms with Crippen LogP contribution >= 0.6 is 0 Å². The smallest absolute Gasteiger partial charge is 0.150 e. The lowest BCUT2D eigenvalue weighted by molar-refractivity contribution is -0.0335. The molecule has 6 nitrogen and oxygen atoms in total. The van der Waals surface area contributed by atoms with Crippen LogP contribution in [0.4, 0.5) is 5.82 Å². The van der Waals surface area contributed by atoms with E-state index in [0.29, 0.717) is 18.7 Å². The van der Waals surface area contributed by atoms with Crippen LogP contribution in [-0.2, 0) is 0 Å². The number of aromatic nitrogens is 3. The molecule has 0 radical (unpaired) electrons. The van der Waals surface area contributed by atoms with Crippen LogP contribution < -0.4 is 5.73 Å². The van der Waals surface area contributed by atoms with E-state index in [-0.39, 0.29) is 11.7 Å². The number of nitrogens with zero attached hydrogens (tertiary/aromatic N) is 3. The van der Waals surface area contributed by atoms with Crippen LogP contribution in [0.25, 0.3) is 16.8 Å². The van der Waals surface area contributed by atoms with E-state index in [9.17, 15) is 10.2 Å². The zero-order valence-electron chi connectivity index (χ0n) is 12.8. The Morgan fingerprint density at radius 3 is 2.61 bits per heavy atom. The number of aliphatic hydroxyl groups is 1. The van der Waals surface area contributed by atoms with Crippen LogP contribution in [0, 0.1) is 0 Å². The molecular weight excluding hydrogens is 292 g/mol. The van der Waals surface area contributed by atoms with Crippen LogP contribution in [0.1, 0.15) is 31.5 Å². The summed E-state index contributed by atoms with van der Waals surface area (Å²) in [5.74, 6) is 1.72. The molecule has 1 aliphatic rings. The van der Waals surface area contributed by atoms with Crippen LogP contribution in [0.2, 0.25) is 0 Å². The SMILES string of the molecule is CC1(O)CC(c2nc(-c3ccc(O)cc3)c3c(N)nccn23)C1.